The van der Waals surface area contributed by atoms with Crippen LogP contribution in [0.4, 0.5) is 4.79 Å². The van der Waals surface area contributed by atoms with E-state index < -0.39 is 0 Å². The van der Waals surface area contributed by atoms with Crippen molar-refractivity contribution in [3.63, 3.8) is 0 Å². The quantitative estimate of drug-likeness (QED) is 0.204. The molecule has 0 unspecified atom stereocenters. The zero-order chi connectivity index (χ0) is 34.7. The summed E-state index contributed by atoms with van der Waals surface area (Å²) in [5.74, 6) is 0.872. The molecule has 0 saturated carbocycles. The fraction of sp³-hybridized carbons (Fsp3) is 0.412. The number of likely N-dealkylation sites (tertiary alicyclic amines) is 1. The molecule has 3 saturated heterocycles. The molecule has 258 valence electrons. The first-order chi connectivity index (χ1) is 23.6. The van der Waals surface area contributed by atoms with Crippen molar-refractivity contribution >= 4 is 46.3 Å². The number of ether oxygens (including phenoxy) is 2. The van der Waals surface area contributed by atoms with Crippen molar-refractivity contribution in [2.24, 2.45) is 0 Å². The maximum Gasteiger partial charge on any atom is 0.315 e. The van der Waals surface area contributed by atoms with Crippen molar-refractivity contribution in [3.8, 4) is 23.0 Å². The second-order valence-corrected chi connectivity index (χ2v) is 13.2. The molecule has 3 aliphatic heterocycles. The van der Waals surface area contributed by atoms with Crippen molar-refractivity contribution in [2.45, 2.75) is 51.4 Å². The molecule has 6 rings (SSSR count). The van der Waals surface area contributed by atoms with Gasteiger partial charge in [0.2, 0.25) is 17.7 Å². The number of urea groups is 1. The lowest BCUT2D eigenvalue weighted by molar-refractivity contribution is -0.119. The molecule has 2 aromatic heterocycles. The van der Waals surface area contributed by atoms with Gasteiger partial charge in [-0.3, -0.25) is 19.7 Å². The standard InChI is InChI=1S/C34H39Cl2N9O4/c1-5-21(24-13-38-26(31(42-24)48-3)12-37-11-20-9-10-28(46)41-20)29(35)19(2)22-7-6-8-23(30(22)36)25-14-39-27(32(43-25)49-4)15-45-17-34(18-45)16-40-33(47)44-34/h5-8,13-14,20,37H,9-12,15-18H2,1-4H3,(H,41,46)(H2,40,44,47)/b21-5-,29-19-/t20-/m1/s1. The van der Waals surface area contributed by atoms with Gasteiger partial charge in [0.1, 0.15) is 11.4 Å². The van der Waals surface area contributed by atoms with E-state index in [1.54, 1.807) is 26.6 Å². The van der Waals surface area contributed by atoms with Gasteiger partial charge in [0.05, 0.1) is 53.6 Å². The molecule has 13 nitrogen and oxygen atoms in total. The van der Waals surface area contributed by atoms with Crippen molar-refractivity contribution in [1.82, 2.24) is 46.1 Å². The Morgan fingerprint density at radius 1 is 1.12 bits per heavy atom. The second kappa shape index (κ2) is 14.7. The summed E-state index contributed by atoms with van der Waals surface area (Å²) in [5.41, 5.74) is 5.05. The maximum atomic E-state index is 11.6. The predicted molar refractivity (Wildman–Crippen MR) is 187 cm³/mol. The van der Waals surface area contributed by atoms with Crippen LogP contribution in [0.2, 0.25) is 5.02 Å². The molecule has 1 aromatic carbocycles. The van der Waals surface area contributed by atoms with E-state index in [1.165, 1.54) is 0 Å². The monoisotopic (exact) mass is 707 g/mol. The minimum atomic E-state index is -0.221. The van der Waals surface area contributed by atoms with Crippen LogP contribution in [0, 0.1) is 0 Å². The number of nitrogens with one attached hydrogen (secondary N) is 4. The summed E-state index contributed by atoms with van der Waals surface area (Å²) in [6, 6.07) is 5.66. The van der Waals surface area contributed by atoms with Gasteiger partial charge in [0.15, 0.2) is 0 Å². The van der Waals surface area contributed by atoms with Gasteiger partial charge < -0.3 is 30.7 Å². The number of rotatable bonds is 12. The number of carbonyl (C=O) groups is 2. The zero-order valence-electron chi connectivity index (χ0n) is 27.8. The molecule has 0 radical (unpaired) electrons. The molecular formula is C34H39Cl2N9O4. The number of hydrogen-bond acceptors (Lipinski definition) is 10. The van der Waals surface area contributed by atoms with Crippen LogP contribution >= 0.6 is 23.2 Å². The summed E-state index contributed by atoms with van der Waals surface area (Å²) in [5, 5.41) is 13.0. The number of methoxy groups -OCH3 is 2. The van der Waals surface area contributed by atoms with Gasteiger partial charge in [-0.15, -0.1) is 0 Å². The lowest BCUT2D eigenvalue weighted by Gasteiger charge is -2.46. The Kier molecular flexibility index (Phi) is 10.3. The molecule has 3 amide bonds. The average molecular weight is 709 g/mol. The zero-order valence-corrected chi connectivity index (χ0v) is 29.3. The first kappa shape index (κ1) is 34.6. The molecule has 5 heterocycles. The summed E-state index contributed by atoms with van der Waals surface area (Å²) in [4.78, 5) is 44.1. The highest BCUT2D eigenvalue weighted by Gasteiger charge is 2.47. The van der Waals surface area contributed by atoms with Crippen LogP contribution in [0.3, 0.4) is 0 Å². The van der Waals surface area contributed by atoms with Gasteiger partial charge in [0, 0.05) is 62.9 Å². The number of aromatic nitrogens is 4. The van der Waals surface area contributed by atoms with Gasteiger partial charge in [0.25, 0.3) is 0 Å². The van der Waals surface area contributed by atoms with Crippen LogP contribution < -0.4 is 30.7 Å². The van der Waals surface area contributed by atoms with Crippen LogP contribution in [-0.4, -0.2) is 88.8 Å². The topological polar surface area (TPSA) is 156 Å². The summed E-state index contributed by atoms with van der Waals surface area (Å²) in [6.07, 6.45) is 6.60. The van der Waals surface area contributed by atoms with E-state index in [0.717, 1.165) is 30.6 Å². The molecular weight excluding hydrogens is 669 g/mol. The van der Waals surface area contributed by atoms with Gasteiger partial charge >= 0.3 is 6.03 Å². The first-order valence-corrected chi connectivity index (χ1v) is 16.8. The average Bonchev–Trinajstić information content (AvgIpc) is 3.70. The van der Waals surface area contributed by atoms with E-state index >= 15 is 0 Å². The highest BCUT2D eigenvalue weighted by atomic mass is 35.5. The van der Waals surface area contributed by atoms with Crippen LogP contribution in [0.1, 0.15) is 49.3 Å². The van der Waals surface area contributed by atoms with Gasteiger partial charge in [-0.1, -0.05) is 47.5 Å². The van der Waals surface area contributed by atoms with E-state index in [9.17, 15) is 9.59 Å². The predicted octanol–water partition coefficient (Wildman–Crippen LogP) is 3.91. The Bertz CT molecular complexity index is 1830. The van der Waals surface area contributed by atoms with E-state index in [4.69, 9.17) is 42.6 Å². The van der Waals surface area contributed by atoms with Crippen molar-refractivity contribution in [2.75, 3.05) is 40.4 Å². The number of carbonyl (C=O) groups excluding carboxylic acids is 2. The fourth-order valence-electron chi connectivity index (χ4n) is 6.44. The number of nitrogens with zero attached hydrogens (tertiary/aromatic N) is 5. The summed E-state index contributed by atoms with van der Waals surface area (Å²) in [6.45, 7) is 7.44. The van der Waals surface area contributed by atoms with Crippen LogP contribution in [0.25, 0.3) is 22.4 Å². The minimum absolute atomic E-state index is 0.0799. The molecule has 1 atom stereocenters. The number of hydrogen-bond donors (Lipinski definition) is 4. The molecule has 0 bridgehead atoms. The van der Waals surface area contributed by atoms with Crippen LogP contribution in [-0.2, 0) is 17.9 Å². The maximum absolute atomic E-state index is 11.6. The molecule has 3 aliphatic rings. The minimum Gasteiger partial charge on any atom is -0.480 e. The van der Waals surface area contributed by atoms with Crippen molar-refractivity contribution < 1.29 is 19.1 Å². The third-order valence-electron chi connectivity index (χ3n) is 8.98. The second-order valence-electron chi connectivity index (χ2n) is 12.4. The van der Waals surface area contributed by atoms with E-state index in [2.05, 4.69) is 36.1 Å². The van der Waals surface area contributed by atoms with Crippen LogP contribution in [0.15, 0.2) is 41.7 Å². The SMILES string of the molecule is C/C=C(\C(Cl)=C(/C)c1cccc(-c2cnc(CN3CC4(CNC(=O)N4)C3)c(OC)n2)c1Cl)c1cnc(CNC[C@H]2CCC(=O)N2)c(OC)n1. The van der Waals surface area contributed by atoms with Crippen LogP contribution in [0.5, 0.6) is 11.8 Å². The Morgan fingerprint density at radius 3 is 2.55 bits per heavy atom. The highest BCUT2D eigenvalue weighted by molar-refractivity contribution is 6.41. The lowest BCUT2D eigenvalue weighted by atomic mass is 9.91. The Labute approximate surface area is 294 Å². The Hall–Kier alpha value is -4.30. The molecule has 0 aliphatic carbocycles. The van der Waals surface area contributed by atoms with Crippen molar-refractivity contribution in [1.29, 1.82) is 0 Å². The van der Waals surface area contributed by atoms with Gasteiger partial charge in [-0.25, -0.2) is 14.8 Å². The molecule has 3 aromatic rings. The van der Waals surface area contributed by atoms with E-state index in [1.807, 2.05) is 38.1 Å². The fourth-order valence-corrected chi connectivity index (χ4v) is 7.11. The summed E-state index contributed by atoms with van der Waals surface area (Å²) in [7, 11) is 3.12. The summed E-state index contributed by atoms with van der Waals surface area (Å²) >= 11 is 14.1. The number of amides is 3. The molecule has 4 N–H and O–H groups in total. The number of allylic oxidation sites excluding steroid dienone is 4. The molecule has 3 fully saturated rings. The van der Waals surface area contributed by atoms with E-state index in [0.29, 0.717) is 88.3 Å². The smallest absolute Gasteiger partial charge is 0.315 e. The third-order valence-corrected chi connectivity index (χ3v) is 9.87. The number of benzene rings is 1. The lowest BCUT2D eigenvalue weighted by Crippen LogP contribution is -2.68. The number of halogens is 2. The Morgan fingerprint density at radius 2 is 1.88 bits per heavy atom. The largest absolute Gasteiger partial charge is 0.480 e. The Balaban J connectivity index is 1.18. The highest BCUT2D eigenvalue weighted by Crippen LogP contribution is 2.39. The normalized spacial score (nSPS) is 19.2. The van der Waals surface area contributed by atoms with Crippen molar-refractivity contribution in [3.05, 3.63) is 69.4 Å². The molecule has 1 spiro atoms. The summed E-state index contributed by atoms with van der Waals surface area (Å²) < 4.78 is 11.2. The van der Waals surface area contributed by atoms with Gasteiger partial charge in [-0.05, 0) is 31.4 Å². The third kappa shape index (κ3) is 7.35. The molecule has 15 heteroatoms. The first-order valence-electron chi connectivity index (χ1n) is 16.0. The van der Waals surface area contributed by atoms with Gasteiger partial charge in [-0.2, -0.15) is 0 Å². The van der Waals surface area contributed by atoms with E-state index in [-0.39, 0.29) is 23.5 Å². The molecule has 49 heavy (non-hydrogen) atoms.